The molecule has 3 aromatic rings. The van der Waals surface area contributed by atoms with E-state index in [9.17, 15) is 19.2 Å². The number of carboxylic acid groups (broad SMARTS) is 1. The van der Waals surface area contributed by atoms with Gasteiger partial charge in [0.2, 0.25) is 11.8 Å². The van der Waals surface area contributed by atoms with Gasteiger partial charge in [-0.3, -0.25) is 20.0 Å². The number of amides is 5. The Morgan fingerprint density at radius 1 is 0.960 bits per heavy atom. The third kappa shape index (κ3) is 13.1. The molecular weight excluding hydrogens is 666 g/mol. The Morgan fingerprint density at radius 2 is 1.66 bits per heavy atom. The molecule has 0 aliphatic rings. The molecule has 272 valence electrons. The summed E-state index contributed by atoms with van der Waals surface area (Å²) in [5.74, 6) is -0.871. The van der Waals surface area contributed by atoms with E-state index < -0.39 is 36.4 Å². The number of urea groups is 1. The van der Waals surface area contributed by atoms with Gasteiger partial charge < -0.3 is 35.4 Å². The number of benzene rings is 2. The standard InChI is InChI=1S/C35H48ClN7O7/c1-5-49-33(50-6-2)24(3)43(22-27-12-9-11-26-13-10-20-37-31(26)27)32(45)29(14-7-8-19-38-35(47)48)40-30(44)23-42(4)41-34(46)39-21-25-15-17-28(36)18-16-25/h9-13,15-18,20,24,29,33,38H,5-8,14,19,21-23H2,1-4H3,(H,40,44)(H,47,48)(H2,39,41,46)/t24-,29-/m0/s1. The molecule has 15 heteroatoms. The van der Waals surface area contributed by atoms with Gasteiger partial charge in [-0.05, 0) is 69.4 Å². The molecule has 0 spiro atoms. The average molecular weight is 714 g/mol. The van der Waals surface area contributed by atoms with E-state index in [1.165, 1.54) is 12.1 Å². The summed E-state index contributed by atoms with van der Waals surface area (Å²) in [6.07, 6.45) is 0.938. The Labute approximate surface area is 297 Å². The zero-order valence-electron chi connectivity index (χ0n) is 29.0. The van der Waals surface area contributed by atoms with Crippen molar-refractivity contribution in [3.05, 3.63) is 76.9 Å². The Morgan fingerprint density at radius 3 is 2.34 bits per heavy atom. The van der Waals surface area contributed by atoms with Crippen molar-refractivity contribution in [3.8, 4) is 0 Å². The fourth-order valence-electron chi connectivity index (χ4n) is 5.32. The monoisotopic (exact) mass is 713 g/mol. The van der Waals surface area contributed by atoms with Crippen LogP contribution in [0.2, 0.25) is 5.02 Å². The van der Waals surface area contributed by atoms with Crippen molar-refractivity contribution in [2.24, 2.45) is 0 Å². The fraction of sp³-hybridized carbons (Fsp3) is 0.457. The van der Waals surface area contributed by atoms with E-state index >= 15 is 0 Å². The highest BCUT2D eigenvalue weighted by Crippen LogP contribution is 2.22. The molecule has 50 heavy (non-hydrogen) atoms. The molecule has 5 N–H and O–H groups in total. The summed E-state index contributed by atoms with van der Waals surface area (Å²) < 4.78 is 11.8. The Hall–Kier alpha value is -4.50. The van der Waals surface area contributed by atoms with Crippen LogP contribution in [-0.2, 0) is 32.2 Å². The van der Waals surface area contributed by atoms with Crippen LogP contribution in [0.15, 0.2) is 60.8 Å². The SMILES string of the molecule is CCOC(OCC)[C@H](C)N(Cc1cccc2cccnc12)C(=O)[C@H](CCCCNC(=O)O)NC(=O)CN(C)NC(=O)NCc1ccc(Cl)cc1. The van der Waals surface area contributed by atoms with Crippen LogP contribution >= 0.6 is 11.6 Å². The summed E-state index contributed by atoms with van der Waals surface area (Å²) in [6, 6.07) is 14.5. The first kappa shape index (κ1) is 39.9. The number of rotatable bonds is 20. The van der Waals surface area contributed by atoms with Gasteiger partial charge in [-0.25, -0.2) is 14.6 Å². The molecule has 1 aromatic heterocycles. The minimum atomic E-state index is -1.14. The lowest BCUT2D eigenvalue weighted by atomic mass is 10.0. The summed E-state index contributed by atoms with van der Waals surface area (Å²) >= 11 is 5.92. The van der Waals surface area contributed by atoms with Crippen molar-refractivity contribution in [1.29, 1.82) is 0 Å². The lowest BCUT2D eigenvalue weighted by Crippen LogP contribution is -2.56. The summed E-state index contributed by atoms with van der Waals surface area (Å²) in [4.78, 5) is 57.5. The van der Waals surface area contributed by atoms with Gasteiger partial charge in [0.1, 0.15) is 6.04 Å². The van der Waals surface area contributed by atoms with E-state index in [1.807, 2.05) is 51.1 Å². The van der Waals surface area contributed by atoms with E-state index in [1.54, 1.807) is 35.4 Å². The highest BCUT2D eigenvalue weighted by molar-refractivity contribution is 6.30. The Kier molecular flexibility index (Phi) is 16.7. The van der Waals surface area contributed by atoms with Crippen molar-refractivity contribution in [2.45, 2.75) is 71.5 Å². The number of likely N-dealkylation sites (N-methyl/N-ethyl adjacent to an activating group) is 1. The Balaban J connectivity index is 1.79. The number of aromatic nitrogens is 1. The van der Waals surface area contributed by atoms with Crippen LogP contribution in [0, 0.1) is 0 Å². The molecule has 2 atom stereocenters. The molecule has 14 nitrogen and oxygen atoms in total. The number of nitrogens with zero attached hydrogens (tertiary/aromatic N) is 3. The maximum absolute atomic E-state index is 14.5. The first-order valence-electron chi connectivity index (χ1n) is 16.6. The molecule has 0 bridgehead atoms. The van der Waals surface area contributed by atoms with Crippen LogP contribution < -0.4 is 21.4 Å². The maximum Gasteiger partial charge on any atom is 0.404 e. The van der Waals surface area contributed by atoms with Gasteiger partial charge in [-0.15, -0.1) is 0 Å². The van der Waals surface area contributed by atoms with Crippen molar-refractivity contribution < 1.29 is 33.8 Å². The zero-order chi connectivity index (χ0) is 36.5. The molecule has 0 aliphatic heterocycles. The summed E-state index contributed by atoms with van der Waals surface area (Å²) in [7, 11) is 1.53. The van der Waals surface area contributed by atoms with E-state index in [0.29, 0.717) is 31.1 Å². The number of nitrogens with one attached hydrogen (secondary N) is 4. The van der Waals surface area contributed by atoms with Gasteiger partial charge in [0.25, 0.3) is 0 Å². The number of fused-ring (bicyclic) bond motifs is 1. The first-order valence-corrected chi connectivity index (χ1v) is 17.0. The van der Waals surface area contributed by atoms with Crippen LogP contribution in [0.5, 0.6) is 0 Å². The number of hydrazine groups is 1. The normalized spacial score (nSPS) is 12.4. The second-order valence-electron chi connectivity index (χ2n) is 11.6. The molecule has 0 radical (unpaired) electrons. The first-order chi connectivity index (χ1) is 24.0. The van der Waals surface area contributed by atoms with Gasteiger partial charge in [-0.2, -0.15) is 0 Å². The lowest BCUT2D eigenvalue weighted by molar-refractivity contribution is -0.179. The number of pyridine rings is 1. The van der Waals surface area contributed by atoms with Crippen molar-refractivity contribution >= 4 is 46.4 Å². The maximum atomic E-state index is 14.5. The Bertz CT molecular complexity index is 1530. The molecule has 0 aliphatic carbocycles. The minimum absolute atomic E-state index is 0.160. The largest absolute Gasteiger partial charge is 0.465 e. The fourth-order valence-corrected chi connectivity index (χ4v) is 5.45. The van der Waals surface area contributed by atoms with Crippen LogP contribution in [0.4, 0.5) is 9.59 Å². The second-order valence-corrected chi connectivity index (χ2v) is 12.0. The number of hydrogen-bond donors (Lipinski definition) is 5. The number of ether oxygens (including phenoxy) is 2. The third-order valence-corrected chi connectivity index (χ3v) is 8.01. The van der Waals surface area contributed by atoms with E-state index in [-0.39, 0.29) is 38.5 Å². The van der Waals surface area contributed by atoms with Crippen LogP contribution in [0.25, 0.3) is 10.9 Å². The molecule has 0 unspecified atom stereocenters. The smallest absolute Gasteiger partial charge is 0.404 e. The predicted molar refractivity (Wildman–Crippen MR) is 190 cm³/mol. The van der Waals surface area contributed by atoms with Gasteiger partial charge in [-0.1, -0.05) is 48.0 Å². The van der Waals surface area contributed by atoms with Crippen LogP contribution in [0.3, 0.4) is 0 Å². The summed E-state index contributed by atoms with van der Waals surface area (Å²) in [5, 5.41) is 19.7. The van der Waals surface area contributed by atoms with Gasteiger partial charge in [0.05, 0.1) is 18.1 Å². The zero-order valence-corrected chi connectivity index (χ0v) is 29.7. The number of halogens is 1. The van der Waals surface area contributed by atoms with E-state index in [0.717, 1.165) is 22.0 Å². The number of para-hydroxylation sites is 1. The van der Waals surface area contributed by atoms with Crippen molar-refractivity contribution in [1.82, 2.24) is 36.3 Å². The number of unbranched alkanes of at least 4 members (excludes halogenated alkanes) is 1. The molecule has 5 amide bonds. The van der Waals surface area contributed by atoms with Gasteiger partial charge >= 0.3 is 12.1 Å². The van der Waals surface area contributed by atoms with Gasteiger partial charge in [0, 0.05) is 56.5 Å². The third-order valence-electron chi connectivity index (χ3n) is 7.76. The van der Waals surface area contributed by atoms with Crippen molar-refractivity contribution in [3.63, 3.8) is 0 Å². The summed E-state index contributed by atoms with van der Waals surface area (Å²) in [5.41, 5.74) is 4.99. The molecule has 1 heterocycles. The number of carbonyl (C=O) groups is 4. The minimum Gasteiger partial charge on any atom is -0.465 e. The van der Waals surface area contributed by atoms with Crippen LogP contribution in [0.1, 0.15) is 51.2 Å². The quantitative estimate of drug-likeness (QED) is 0.0651. The summed E-state index contributed by atoms with van der Waals surface area (Å²) in [6.45, 7) is 6.60. The highest BCUT2D eigenvalue weighted by Gasteiger charge is 2.34. The number of hydrogen-bond acceptors (Lipinski definition) is 8. The van der Waals surface area contributed by atoms with E-state index in [4.69, 9.17) is 26.2 Å². The van der Waals surface area contributed by atoms with Gasteiger partial charge in [0.15, 0.2) is 6.29 Å². The lowest BCUT2D eigenvalue weighted by Gasteiger charge is -2.37. The molecule has 3 rings (SSSR count). The molecule has 2 aromatic carbocycles. The molecule has 0 saturated heterocycles. The van der Waals surface area contributed by atoms with Crippen LogP contribution in [-0.4, -0.2) is 95.7 Å². The predicted octanol–water partition coefficient (Wildman–Crippen LogP) is 4.27. The second kappa shape index (κ2) is 20.9. The molecule has 0 fully saturated rings. The molecule has 0 saturated carbocycles. The van der Waals surface area contributed by atoms with Crippen molar-refractivity contribution in [2.75, 3.05) is 33.4 Å². The topological polar surface area (TPSA) is 174 Å². The highest BCUT2D eigenvalue weighted by atomic mass is 35.5. The van der Waals surface area contributed by atoms with E-state index in [2.05, 4.69) is 26.4 Å². The number of carbonyl (C=O) groups excluding carboxylic acids is 3. The average Bonchev–Trinajstić information content (AvgIpc) is 3.08. The molecular formula is C35H48ClN7O7.